The Balaban J connectivity index is 2.73. The molecular weight excluding hydrogens is 269 g/mol. The molecule has 0 aromatic heterocycles. The summed E-state index contributed by atoms with van der Waals surface area (Å²) in [7, 11) is 1.92. The van der Waals surface area contributed by atoms with Gasteiger partial charge in [-0.15, -0.1) is 0 Å². The summed E-state index contributed by atoms with van der Waals surface area (Å²) >= 11 is 3.47. The van der Waals surface area contributed by atoms with Gasteiger partial charge in [-0.2, -0.15) is 0 Å². The van der Waals surface area contributed by atoms with E-state index in [1.807, 2.05) is 7.05 Å². The van der Waals surface area contributed by atoms with E-state index in [1.165, 1.54) is 25.3 Å². The van der Waals surface area contributed by atoms with Gasteiger partial charge in [0.2, 0.25) is 0 Å². The van der Waals surface area contributed by atoms with Crippen LogP contribution in [0, 0.1) is 5.82 Å². The molecule has 1 N–H and O–H groups in total. The molecule has 16 heavy (non-hydrogen) atoms. The van der Waals surface area contributed by atoms with Gasteiger partial charge in [0, 0.05) is 10.5 Å². The van der Waals surface area contributed by atoms with Gasteiger partial charge in [-0.25, -0.2) is 4.39 Å². The van der Waals surface area contributed by atoms with Crippen LogP contribution < -0.4 is 5.32 Å². The van der Waals surface area contributed by atoms with Crippen molar-refractivity contribution >= 4 is 15.9 Å². The molecule has 0 saturated carbocycles. The van der Waals surface area contributed by atoms with Crippen LogP contribution >= 0.6 is 15.9 Å². The Kier molecular flexibility index (Phi) is 5.99. The minimum atomic E-state index is -0.172. The van der Waals surface area contributed by atoms with Crippen molar-refractivity contribution in [1.29, 1.82) is 0 Å². The lowest BCUT2D eigenvalue weighted by Gasteiger charge is -2.18. The fourth-order valence-electron chi connectivity index (χ4n) is 1.84. The molecule has 0 bridgehead atoms. The second-order valence-corrected chi connectivity index (χ2v) is 4.86. The molecule has 1 aromatic rings. The van der Waals surface area contributed by atoms with Crippen molar-refractivity contribution in [2.45, 2.75) is 38.6 Å². The smallest absolute Gasteiger partial charge is 0.123 e. The molecule has 1 aromatic carbocycles. The van der Waals surface area contributed by atoms with Crippen LogP contribution in [0.5, 0.6) is 0 Å². The fraction of sp³-hybridized carbons (Fsp3) is 0.538. The van der Waals surface area contributed by atoms with Crippen molar-refractivity contribution in [2.75, 3.05) is 7.05 Å². The lowest BCUT2D eigenvalue weighted by molar-refractivity contribution is 0.506. The Morgan fingerprint density at radius 1 is 1.38 bits per heavy atom. The molecule has 0 aliphatic heterocycles. The van der Waals surface area contributed by atoms with E-state index in [0.29, 0.717) is 0 Å². The number of nitrogens with one attached hydrogen (secondary N) is 1. The van der Waals surface area contributed by atoms with Crippen LogP contribution in [0.3, 0.4) is 0 Å². The minimum Gasteiger partial charge on any atom is -0.313 e. The van der Waals surface area contributed by atoms with Crippen molar-refractivity contribution in [2.24, 2.45) is 0 Å². The van der Waals surface area contributed by atoms with Crippen molar-refractivity contribution < 1.29 is 4.39 Å². The summed E-state index contributed by atoms with van der Waals surface area (Å²) in [6.07, 6.45) is 4.66. The Morgan fingerprint density at radius 2 is 2.12 bits per heavy atom. The average Bonchev–Trinajstić information content (AvgIpc) is 2.28. The van der Waals surface area contributed by atoms with Crippen LogP contribution in [-0.2, 0) is 0 Å². The summed E-state index contributed by atoms with van der Waals surface area (Å²) in [5, 5.41) is 3.25. The van der Waals surface area contributed by atoms with E-state index in [2.05, 4.69) is 28.2 Å². The zero-order valence-electron chi connectivity index (χ0n) is 9.89. The van der Waals surface area contributed by atoms with E-state index in [-0.39, 0.29) is 11.9 Å². The standard InChI is InChI=1S/C13H19BrFN/c1-3-4-5-6-13(16-2)11-9-10(15)7-8-12(11)14/h7-9,13,16H,3-6H2,1-2H3. The van der Waals surface area contributed by atoms with Gasteiger partial charge in [-0.1, -0.05) is 42.1 Å². The summed E-state index contributed by atoms with van der Waals surface area (Å²) in [4.78, 5) is 0. The molecule has 0 spiro atoms. The van der Waals surface area contributed by atoms with Gasteiger partial charge in [-0.05, 0) is 37.2 Å². The van der Waals surface area contributed by atoms with Crippen molar-refractivity contribution in [1.82, 2.24) is 5.32 Å². The molecule has 0 aliphatic carbocycles. The molecule has 0 radical (unpaired) electrons. The first-order valence-corrected chi connectivity index (χ1v) is 6.60. The highest BCUT2D eigenvalue weighted by Gasteiger charge is 2.12. The van der Waals surface area contributed by atoms with Gasteiger partial charge in [0.15, 0.2) is 0 Å². The Bertz CT molecular complexity index is 328. The Labute approximate surface area is 106 Å². The number of halogens is 2. The molecule has 1 nitrogen and oxygen atoms in total. The zero-order chi connectivity index (χ0) is 12.0. The maximum absolute atomic E-state index is 13.2. The molecule has 1 atom stereocenters. The van der Waals surface area contributed by atoms with Crippen molar-refractivity contribution in [3.63, 3.8) is 0 Å². The molecule has 0 saturated heterocycles. The molecule has 0 fully saturated rings. The molecule has 0 aliphatic rings. The van der Waals surface area contributed by atoms with E-state index in [0.717, 1.165) is 16.5 Å². The van der Waals surface area contributed by atoms with E-state index < -0.39 is 0 Å². The largest absolute Gasteiger partial charge is 0.313 e. The van der Waals surface area contributed by atoms with Gasteiger partial charge in [0.25, 0.3) is 0 Å². The van der Waals surface area contributed by atoms with Crippen molar-refractivity contribution in [3.05, 3.63) is 34.1 Å². The van der Waals surface area contributed by atoms with Crippen molar-refractivity contribution in [3.8, 4) is 0 Å². The second kappa shape index (κ2) is 7.02. The summed E-state index contributed by atoms with van der Waals surface area (Å²) in [6, 6.07) is 5.09. The second-order valence-electron chi connectivity index (χ2n) is 4.00. The summed E-state index contributed by atoms with van der Waals surface area (Å²) in [6.45, 7) is 2.19. The predicted molar refractivity (Wildman–Crippen MR) is 70.0 cm³/mol. The molecule has 3 heteroatoms. The first-order valence-electron chi connectivity index (χ1n) is 5.81. The van der Waals surface area contributed by atoms with Gasteiger partial charge in [0.05, 0.1) is 0 Å². The average molecular weight is 288 g/mol. The molecule has 1 unspecified atom stereocenters. The van der Waals surface area contributed by atoms with E-state index in [9.17, 15) is 4.39 Å². The van der Waals surface area contributed by atoms with E-state index >= 15 is 0 Å². The molecule has 90 valence electrons. The fourth-order valence-corrected chi connectivity index (χ4v) is 2.36. The third-order valence-corrected chi connectivity index (χ3v) is 3.50. The highest BCUT2D eigenvalue weighted by Crippen LogP contribution is 2.27. The van der Waals surface area contributed by atoms with Gasteiger partial charge >= 0.3 is 0 Å². The SMILES string of the molecule is CCCCCC(NC)c1cc(F)ccc1Br. The van der Waals surface area contributed by atoms with Crippen LogP contribution in [0.4, 0.5) is 4.39 Å². The topological polar surface area (TPSA) is 12.0 Å². The highest BCUT2D eigenvalue weighted by molar-refractivity contribution is 9.10. The number of hydrogen-bond acceptors (Lipinski definition) is 1. The highest BCUT2D eigenvalue weighted by atomic mass is 79.9. The van der Waals surface area contributed by atoms with Crippen LogP contribution in [-0.4, -0.2) is 7.05 Å². The van der Waals surface area contributed by atoms with Gasteiger partial charge in [-0.3, -0.25) is 0 Å². The van der Waals surface area contributed by atoms with E-state index in [1.54, 1.807) is 12.1 Å². The van der Waals surface area contributed by atoms with Crippen LogP contribution in [0.1, 0.15) is 44.2 Å². The maximum atomic E-state index is 13.2. The lowest BCUT2D eigenvalue weighted by Crippen LogP contribution is -2.17. The molecule has 0 amide bonds. The summed E-state index contributed by atoms with van der Waals surface area (Å²) < 4.78 is 14.2. The number of rotatable bonds is 6. The molecule has 1 rings (SSSR count). The van der Waals surface area contributed by atoms with Gasteiger partial charge in [0.1, 0.15) is 5.82 Å². The van der Waals surface area contributed by atoms with Crippen LogP contribution in [0.2, 0.25) is 0 Å². The Morgan fingerprint density at radius 3 is 2.75 bits per heavy atom. The number of benzene rings is 1. The maximum Gasteiger partial charge on any atom is 0.123 e. The minimum absolute atomic E-state index is 0.172. The van der Waals surface area contributed by atoms with Crippen LogP contribution in [0.25, 0.3) is 0 Å². The third-order valence-electron chi connectivity index (χ3n) is 2.78. The predicted octanol–water partition coefficient (Wildman–Crippen LogP) is 4.43. The molecular formula is C13H19BrFN. The first-order chi connectivity index (χ1) is 7.69. The van der Waals surface area contributed by atoms with E-state index in [4.69, 9.17) is 0 Å². The summed E-state index contributed by atoms with van der Waals surface area (Å²) in [5.74, 6) is -0.172. The van der Waals surface area contributed by atoms with Gasteiger partial charge < -0.3 is 5.32 Å². The summed E-state index contributed by atoms with van der Waals surface area (Å²) in [5.41, 5.74) is 1.01. The molecule has 0 heterocycles. The first kappa shape index (κ1) is 13.7. The monoisotopic (exact) mass is 287 g/mol. The number of unbranched alkanes of at least 4 members (excludes halogenated alkanes) is 2. The third kappa shape index (κ3) is 3.87. The normalized spacial score (nSPS) is 12.8. The van der Waals surface area contributed by atoms with Crippen LogP contribution in [0.15, 0.2) is 22.7 Å². The Hall–Kier alpha value is -0.410. The number of hydrogen-bond donors (Lipinski definition) is 1. The quantitative estimate of drug-likeness (QED) is 0.764. The zero-order valence-corrected chi connectivity index (χ0v) is 11.5. The lowest BCUT2D eigenvalue weighted by atomic mass is 10.0.